The average Bonchev–Trinajstić information content (AvgIpc) is 3.17. The summed E-state index contributed by atoms with van der Waals surface area (Å²) in [5, 5.41) is 6.44. The average molecular weight is 360 g/mol. The molecular weight excluding hydrogens is 345 g/mol. The standard InChI is InChI=1S/C14H15F3N4O4/c15-14(16,17)13-19-18-12(25-13)8-3-5-20(6-4-8)11(24)7-21-9(22)1-2-10(21)23/h8H,1-7H2. The first kappa shape index (κ1) is 17.4. The van der Waals surface area contributed by atoms with Crippen LogP contribution in [-0.4, -0.2) is 57.4 Å². The molecule has 0 radical (unpaired) electrons. The Morgan fingerprint density at radius 3 is 2.24 bits per heavy atom. The summed E-state index contributed by atoms with van der Waals surface area (Å²) < 4.78 is 42.1. The Hall–Kier alpha value is -2.46. The normalized spacial score (nSPS) is 19.8. The summed E-state index contributed by atoms with van der Waals surface area (Å²) in [5.41, 5.74) is 0. The Morgan fingerprint density at radius 2 is 1.72 bits per heavy atom. The lowest BCUT2D eigenvalue weighted by molar-refractivity contribution is -0.157. The molecule has 0 saturated carbocycles. The minimum absolute atomic E-state index is 0.0932. The fraction of sp³-hybridized carbons (Fsp3) is 0.643. The Morgan fingerprint density at radius 1 is 1.12 bits per heavy atom. The van der Waals surface area contributed by atoms with Crippen molar-refractivity contribution in [1.29, 1.82) is 0 Å². The maximum atomic E-state index is 12.5. The zero-order chi connectivity index (χ0) is 18.2. The summed E-state index contributed by atoms with van der Waals surface area (Å²) in [5.74, 6) is -2.92. The van der Waals surface area contributed by atoms with Gasteiger partial charge in [-0.25, -0.2) is 0 Å². The fourth-order valence-electron chi connectivity index (χ4n) is 2.92. The van der Waals surface area contributed by atoms with Crippen LogP contribution in [0.25, 0.3) is 0 Å². The van der Waals surface area contributed by atoms with Gasteiger partial charge >= 0.3 is 12.1 Å². The predicted octanol–water partition coefficient (Wildman–Crippen LogP) is 0.943. The molecule has 11 heteroatoms. The van der Waals surface area contributed by atoms with Crippen LogP contribution in [0.5, 0.6) is 0 Å². The Balaban J connectivity index is 1.55. The van der Waals surface area contributed by atoms with E-state index in [9.17, 15) is 27.6 Å². The van der Waals surface area contributed by atoms with Crippen LogP contribution < -0.4 is 0 Å². The highest BCUT2D eigenvalue weighted by Crippen LogP contribution is 2.32. The third kappa shape index (κ3) is 3.64. The second-order valence-corrected chi connectivity index (χ2v) is 5.97. The summed E-state index contributed by atoms with van der Waals surface area (Å²) in [6.45, 7) is 0.272. The number of piperidine rings is 1. The van der Waals surface area contributed by atoms with E-state index < -0.39 is 12.1 Å². The lowest BCUT2D eigenvalue weighted by Crippen LogP contribution is -2.45. The van der Waals surface area contributed by atoms with E-state index >= 15 is 0 Å². The maximum Gasteiger partial charge on any atom is 0.470 e. The topological polar surface area (TPSA) is 96.6 Å². The lowest BCUT2D eigenvalue weighted by atomic mass is 9.97. The van der Waals surface area contributed by atoms with Crippen LogP contribution in [0.1, 0.15) is 43.4 Å². The van der Waals surface area contributed by atoms with Crippen molar-refractivity contribution in [1.82, 2.24) is 20.0 Å². The summed E-state index contributed by atoms with van der Waals surface area (Å²) in [6.07, 6.45) is -3.71. The van der Waals surface area contributed by atoms with Gasteiger partial charge in [0.2, 0.25) is 23.6 Å². The molecule has 2 saturated heterocycles. The van der Waals surface area contributed by atoms with Crippen molar-refractivity contribution in [2.24, 2.45) is 0 Å². The van der Waals surface area contributed by atoms with E-state index in [1.54, 1.807) is 0 Å². The molecule has 2 aliphatic rings. The fourth-order valence-corrected chi connectivity index (χ4v) is 2.92. The molecule has 136 valence electrons. The number of amides is 3. The Labute approximate surface area is 140 Å². The quantitative estimate of drug-likeness (QED) is 0.745. The van der Waals surface area contributed by atoms with E-state index in [-0.39, 0.29) is 62.0 Å². The van der Waals surface area contributed by atoms with E-state index in [0.29, 0.717) is 12.8 Å². The first-order chi connectivity index (χ1) is 11.8. The van der Waals surface area contributed by atoms with Crippen LogP contribution in [0.2, 0.25) is 0 Å². The number of nitrogens with zero attached hydrogens (tertiary/aromatic N) is 4. The molecule has 3 rings (SSSR count). The number of hydrogen-bond donors (Lipinski definition) is 0. The second-order valence-electron chi connectivity index (χ2n) is 5.97. The van der Waals surface area contributed by atoms with Gasteiger partial charge in [-0.2, -0.15) is 13.2 Å². The van der Waals surface area contributed by atoms with Crippen molar-refractivity contribution in [2.45, 2.75) is 37.8 Å². The molecule has 25 heavy (non-hydrogen) atoms. The first-order valence-corrected chi connectivity index (χ1v) is 7.77. The molecule has 0 unspecified atom stereocenters. The van der Waals surface area contributed by atoms with Gasteiger partial charge in [0, 0.05) is 31.8 Å². The molecule has 0 bridgehead atoms. The highest BCUT2D eigenvalue weighted by Gasteiger charge is 2.39. The number of hydrogen-bond acceptors (Lipinski definition) is 6. The highest BCUT2D eigenvalue weighted by molar-refractivity contribution is 6.04. The van der Waals surface area contributed by atoms with Gasteiger partial charge in [-0.3, -0.25) is 19.3 Å². The molecule has 1 aromatic rings. The summed E-state index contributed by atoms with van der Waals surface area (Å²) in [7, 11) is 0. The van der Waals surface area contributed by atoms with Crippen molar-refractivity contribution in [2.75, 3.05) is 19.6 Å². The molecule has 2 fully saturated rings. The molecule has 3 amide bonds. The molecule has 1 aromatic heterocycles. The highest BCUT2D eigenvalue weighted by atomic mass is 19.4. The molecule has 0 spiro atoms. The van der Waals surface area contributed by atoms with Crippen molar-refractivity contribution >= 4 is 17.7 Å². The molecular formula is C14H15F3N4O4. The third-order valence-electron chi connectivity index (χ3n) is 4.33. The summed E-state index contributed by atoms with van der Waals surface area (Å²) in [6, 6.07) is 0. The molecule has 2 aliphatic heterocycles. The summed E-state index contributed by atoms with van der Waals surface area (Å²) in [4.78, 5) is 37.7. The number of carbonyl (C=O) groups is 3. The van der Waals surface area contributed by atoms with Crippen molar-refractivity contribution in [3.63, 3.8) is 0 Å². The van der Waals surface area contributed by atoms with Gasteiger partial charge in [0.1, 0.15) is 6.54 Å². The van der Waals surface area contributed by atoms with Crippen LogP contribution >= 0.6 is 0 Å². The number of aromatic nitrogens is 2. The van der Waals surface area contributed by atoms with E-state index in [1.165, 1.54) is 4.90 Å². The van der Waals surface area contributed by atoms with E-state index in [2.05, 4.69) is 14.6 Å². The van der Waals surface area contributed by atoms with Gasteiger partial charge in [0.05, 0.1) is 0 Å². The van der Waals surface area contributed by atoms with Crippen LogP contribution in [0, 0.1) is 0 Å². The lowest BCUT2D eigenvalue weighted by Gasteiger charge is -2.31. The van der Waals surface area contributed by atoms with Gasteiger partial charge in [-0.1, -0.05) is 0 Å². The molecule has 0 aromatic carbocycles. The zero-order valence-corrected chi connectivity index (χ0v) is 13.1. The minimum atomic E-state index is -4.68. The van der Waals surface area contributed by atoms with Crippen LogP contribution in [0.15, 0.2) is 4.42 Å². The summed E-state index contributed by atoms with van der Waals surface area (Å²) >= 11 is 0. The van der Waals surface area contributed by atoms with Crippen molar-refractivity contribution in [3.05, 3.63) is 11.8 Å². The van der Waals surface area contributed by atoms with Gasteiger partial charge in [0.25, 0.3) is 0 Å². The molecule has 0 N–H and O–H groups in total. The third-order valence-corrected chi connectivity index (χ3v) is 4.33. The number of likely N-dealkylation sites (tertiary alicyclic amines) is 2. The Bertz CT molecular complexity index is 678. The van der Waals surface area contributed by atoms with Crippen LogP contribution in [0.3, 0.4) is 0 Å². The predicted molar refractivity (Wildman–Crippen MR) is 73.8 cm³/mol. The number of carbonyl (C=O) groups excluding carboxylic acids is 3. The van der Waals surface area contributed by atoms with Crippen LogP contribution in [-0.2, 0) is 20.6 Å². The van der Waals surface area contributed by atoms with E-state index in [1.807, 2.05) is 0 Å². The largest absolute Gasteiger partial charge is 0.470 e. The molecule has 8 nitrogen and oxygen atoms in total. The second kappa shape index (κ2) is 6.45. The van der Waals surface area contributed by atoms with Crippen LogP contribution in [0.4, 0.5) is 13.2 Å². The van der Waals surface area contributed by atoms with Gasteiger partial charge in [-0.05, 0) is 12.8 Å². The minimum Gasteiger partial charge on any atom is -0.417 e. The van der Waals surface area contributed by atoms with E-state index in [0.717, 1.165) is 4.90 Å². The number of halogens is 3. The molecule has 0 atom stereocenters. The number of alkyl halides is 3. The number of imide groups is 1. The SMILES string of the molecule is O=C(CN1C(=O)CCC1=O)N1CCC(c2nnc(C(F)(F)F)o2)CC1. The van der Waals surface area contributed by atoms with Crippen molar-refractivity contribution < 1.29 is 32.0 Å². The van der Waals surface area contributed by atoms with Gasteiger partial charge < -0.3 is 9.32 Å². The van der Waals surface area contributed by atoms with Gasteiger partial charge in [-0.15, -0.1) is 10.2 Å². The van der Waals surface area contributed by atoms with Gasteiger partial charge in [0.15, 0.2) is 0 Å². The Kier molecular flexibility index (Phi) is 4.48. The number of rotatable bonds is 3. The first-order valence-electron chi connectivity index (χ1n) is 7.77. The smallest absolute Gasteiger partial charge is 0.417 e. The maximum absolute atomic E-state index is 12.5. The monoisotopic (exact) mass is 360 g/mol. The van der Waals surface area contributed by atoms with E-state index in [4.69, 9.17) is 0 Å². The molecule has 0 aliphatic carbocycles. The van der Waals surface area contributed by atoms with Crippen molar-refractivity contribution in [3.8, 4) is 0 Å². The molecule has 3 heterocycles. The zero-order valence-electron chi connectivity index (χ0n) is 13.1.